The van der Waals surface area contributed by atoms with Gasteiger partial charge in [0.05, 0.1) is 25.5 Å². The standard InChI is InChI=1S/C14H13N3O2/c1-18-11-5-6-12(13(8-11)19-2)17-14-10(9-15)4-3-7-16-14/h3-8H,1-2H3,(H,16,17). The van der Waals surface area contributed by atoms with Crippen LogP contribution in [0.15, 0.2) is 36.5 Å². The third kappa shape index (κ3) is 2.75. The Balaban J connectivity index is 2.36. The third-order valence-corrected chi connectivity index (χ3v) is 2.59. The van der Waals surface area contributed by atoms with Crippen LogP contribution in [-0.2, 0) is 0 Å². The van der Waals surface area contributed by atoms with Gasteiger partial charge in [0.15, 0.2) is 0 Å². The second-order valence-corrected chi connectivity index (χ2v) is 3.70. The van der Waals surface area contributed by atoms with Crippen molar-refractivity contribution in [3.05, 3.63) is 42.1 Å². The Morgan fingerprint density at radius 2 is 2.05 bits per heavy atom. The van der Waals surface area contributed by atoms with E-state index in [1.54, 1.807) is 44.7 Å². The Kier molecular flexibility index (Phi) is 3.84. The van der Waals surface area contributed by atoms with E-state index in [-0.39, 0.29) is 0 Å². The zero-order chi connectivity index (χ0) is 13.7. The number of benzene rings is 1. The Bertz CT molecular complexity index is 620. The van der Waals surface area contributed by atoms with Crippen LogP contribution in [0.3, 0.4) is 0 Å². The molecule has 0 radical (unpaired) electrons. The van der Waals surface area contributed by atoms with Gasteiger partial charge in [-0.05, 0) is 24.3 Å². The van der Waals surface area contributed by atoms with Crippen molar-refractivity contribution in [2.24, 2.45) is 0 Å². The van der Waals surface area contributed by atoms with Gasteiger partial charge in [-0.2, -0.15) is 5.26 Å². The maximum absolute atomic E-state index is 9.02. The zero-order valence-corrected chi connectivity index (χ0v) is 10.7. The number of nitrogens with zero attached hydrogens (tertiary/aromatic N) is 2. The fourth-order valence-electron chi connectivity index (χ4n) is 1.62. The molecule has 1 aromatic heterocycles. The van der Waals surface area contributed by atoms with Crippen molar-refractivity contribution in [1.82, 2.24) is 4.98 Å². The summed E-state index contributed by atoms with van der Waals surface area (Å²) in [4.78, 5) is 4.14. The lowest BCUT2D eigenvalue weighted by Crippen LogP contribution is -1.99. The van der Waals surface area contributed by atoms with Crippen LogP contribution in [0, 0.1) is 11.3 Å². The Labute approximate surface area is 111 Å². The smallest absolute Gasteiger partial charge is 0.148 e. The maximum atomic E-state index is 9.02. The predicted molar refractivity (Wildman–Crippen MR) is 71.8 cm³/mol. The van der Waals surface area contributed by atoms with Crippen molar-refractivity contribution >= 4 is 11.5 Å². The molecule has 2 aromatic rings. The zero-order valence-electron chi connectivity index (χ0n) is 10.7. The van der Waals surface area contributed by atoms with E-state index in [1.165, 1.54) is 0 Å². The number of hydrogen-bond donors (Lipinski definition) is 1. The average molecular weight is 255 g/mol. The van der Waals surface area contributed by atoms with Gasteiger partial charge in [-0.1, -0.05) is 0 Å². The third-order valence-electron chi connectivity index (χ3n) is 2.59. The van der Waals surface area contributed by atoms with Crippen molar-refractivity contribution in [2.45, 2.75) is 0 Å². The number of ether oxygens (including phenoxy) is 2. The summed E-state index contributed by atoms with van der Waals surface area (Å²) in [6.07, 6.45) is 1.62. The van der Waals surface area contributed by atoms with E-state index in [1.807, 2.05) is 6.07 Å². The second kappa shape index (κ2) is 5.74. The molecule has 96 valence electrons. The summed E-state index contributed by atoms with van der Waals surface area (Å²) in [5.74, 6) is 1.81. The molecule has 19 heavy (non-hydrogen) atoms. The van der Waals surface area contributed by atoms with Gasteiger partial charge in [-0.15, -0.1) is 0 Å². The minimum atomic E-state index is 0.473. The van der Waals surface area contributed by atoms with Crippen LogP contribution in [0.2, 0.25) is 0 Å². The predicted octanol–water partition coefficient (Wildman–Crippen LogP) is 2.71. The van der Waals surface area contributed by atoms with Crippen LogP contribution >= 0.6 is 0 Å². The molecule has 0 aliphatic heterocycles. The molecule has 0 amide bonds. The summed E-state index contributed by atoms with van der Waals surface area (Å²) in [6.45, 7) is 0. The van der Waals surface area contributed by atoms with E-state index in [4.69, 9.17) is 14.7 Å². The normalized spacial score (nSPS) is 9.53. The maximum Gasteiger partial charge on any atom is 0.148 e. The summed E-state index contributed by atoms with van der Waals surface area (Å²) in [7, 11) is 3.16. The largest absolute Gasteiger partial charge is 0.497 e. The highest BCUT2D eigenvalue weighted by molar-refractivity contribution is 5.68. The van der Waals surface area contributed by atoms with Crippen LogP contribution in [0.25, 0.3) is 0 Å². The summed E-state index contributed by atoms with van der Waals surface area (Å²) in [6, 6.07) is 10.9. The van der Waals surface area contributed by atoms with Crippen molar-refractivity contribution in [3.8, 4) is 17.6 Å². The van der Waals surface area contributed by atoms with Gasteiger partial charge < -0.3 is 14.8 Å². The molecule has 0 aliphatic rings. The number of hydrogen-bond acceptors (Lipinski definition) is 5. The van der Waals surface area contributed by atoms with Crippen molar-refractivity contribution in [1.29, 1.82) is 5.26 Å². The van der Waals surface area contributed by atoms with Gasteiger partial charge in [-0.3, -0.25) is 0 Å². The molecule has 1 N–H and O–H groups in total. The summed E-state index contributed by atoms with van der Waals surface area (Å²) in [5.41, 5.74) is 1.19. The number of rotatable bonds is 4. The molecule has 0 atom stereocenters. The minimum Gasteiger partial charge on any atom is -0.497 e. The van der Waals surface area contributed by atoms with E-state index >= 15 is 0 Å². The quantitative estimate of drug-likeness (QED) is 0.909. The lowest BCUT2D eigenvalue weighted by Gasteiger charge is -2.12. The summed E-state index contributed by atoms with van der Waals surface area (Å²) < 4.78 is 10.4. The lowest BCUT2D eigenvalue weighted by molar-refractivity contribution is 0.395. The van der Waals surface area contributed by atoms with Crippen molar-refractivity contribution < 1.29 is 9.47 Å². The first-order valence-corrected chi connectivity index (χ1v) is 5.62. The molecule has 5 nitrogen and oxygen atoms in total. The van der Waals surface area contributed by atoms with Gasteiger partial charge >= 0.3 is 0 Å². The first-order chi connectivity index (χ1) is 9.28. The Morgan fingerprint density at radius 3 is 2.74 bits per heavy atom. The number of anilines is 2. The summed E-state index contributed by atoms with van der Waals surface area (Å²) in [5, 5.41) is 12.1. The molecule has 1 heterocycles. The first-order valence-electron chi connectivity index (χ1n) is 5.62. The van der Waals surface area contributed by atoms with E-state index in [9.17, 15) is 0 Å². The van der Waals surface area contributed by atoms with Crippen LogP contribution in [-0.4, -0.2) is 19.2 Å². The molecule has 0 saturated heterocycles. The molecule has 2 rings (SSSR count). The fourth-order valence-corrected chi connectivity index (χ4v) is 1.62. The molecule has 5 heteroatoms. The second-order valence-electron chi connectivity index (χ2n) is 3.70. The fraction of sp³-hybridized carbons (Fsp3) is 0.143. The number of aromatic nitrogens is 1. The highest BCUT2D eigenvalue weighted by Gasteiger charge is 2.08. The molecular formula is C14H13N3O2. The Hall–Kier alpha value is -2.74. The van der Waals surface area contributed by atoms with Crippen molar-refractivity contribution in [3.63, 3.8) is 0 Å². The van der Waals surface area contributed by atoms with E-state index in [0.29, 0.717) is 22.9 Å². The topological polar surface area (TPSA) is 67.2 Å². The number of nitrogens with one attached hydrogen (secondary N) is 1. The average Bonchev–Trinajstić information content (AvgIpc) is 2.48. The number of methoxy groups -OCH3 is 2. The van der Waals surface area contributed by atoms with Gasteiger partial charge in [0, 0.05) is 12.3 Å². The molecule has 0 spiro atoms. The van der Waals surface area contributed by atoms with E-state index in [0.717, 1.165) is 5.69 Å². The molecule has 0 fully saturated rings. The highest BCUT2D eigenvalue weighted by Crippen LogP contribution is 2.31. The van der Waals surface area contributed by atoms with Crippen LogP contribution in [0.1, 0.15) is 5.56 Å². The van der Waals surface area contributed by atoms with Crippen LogP contribution < -0.4 is 14.8 Å². The van der Waals surface area contributed by atoms with Crippen LogP contribution in [0.4, 0.5) is 11.5 Å². The minimum absolute atomic E-state index is 0.473. The summed E-state index contributed by atoms with van der Waals surface area (Å²) >= 11 is 0. The first kappa shape index (κ1) is 12.7. The van der Waals surface area contributed by atoms with Gasteiger partial charge in [-0.25, -0.2) is 4.98 Å². The SMILES string of the molecule is COc1ccc(Nc2ncccc2C#N)c(OC)c1. The molecule has 1 aromatic carbocycles. The molecule has 0 unspecified atom stereocenters. The van der Waals surface area contributed by atoms with E-state index < -0.39 is 0 Å². The van der Waals surface area contributed by atoms with E-state index in [2.05, 4.69) is 16.4 Å². The lowest BCUT2D eigenvalue weighted by atomic mass is 10.2. The van der Waals surface area contributed by atoms with Gasteiger partial charge in [0.1, 0.15) is 23.4 Å². The number of nitriles is 1. The van der Waals surface area contributed by atoms with Gasteiger partial charge in [0.2, 0.25) is 0 Å². The monoisotopic (exact) mass is 255 g/mol. The van der Waals surface area contributed by atoms with Crippen molar-refractivity contribution in [2.75, 3.05) is 19.5 Å². The molecular weight excluding hydrogens is 242 g/mol. The highest BCUT2D eigenvalue weighted by atomic mass is 16.5. The van der Waals surface area contributed by atoms with Gasteiger partial charge in [0.25, 0.3) is 0 Å². The molecule has 0 bridgehead atoms. The van der Waals surface area contributed by atoms with Crippen LogP contribution in [0.5, 0.6) is 11.5 Å². The Morgan fingerprint density at radius 1 is 1.21 bits per heavy atom. The molecule has 0 saturated carbocycles. The number of pyridine rings is 1. The molecule has 0 aliphatic carbocycles.